The molecule has 4 nitrogen and oxygen atoms in total. The van der Waals surface area contributed by atoms with E-state index in [1.54, 1.807) is 6.07 Å². The van der Waals surface area contributed by atoms with Gasteiger partial charge in [-0.3, -0.25) is 4.79 Å². The number of carbonyl (C=O) groups is 1. The first kappa shape index (κ1) is 14.2. The summed E-state index contributed by atoms with van der Waals surface area (Å²) in [7, 11) is 0. The summed E-state index contributed by atoms with van der Waals surface area (Å²) in [5.41, 5.74) is 1.41. The zero-order valence-corrected chi connectivity index (χ0v) is 12.3. The molecular formula is C18H17NO3. The fourth-order valence-electron chi connectivity index (χ4n) is 2.14. The predicted molar refractivity (Wildman–Crippen MR) is 86.4 cm³/mol. The van der Waals surface area contributed by atoms with Crippen LogP contribution in [0.25, 0.3) is 11.0 Å². The molecule has 0 atom stereocenters. The van der Waals surface area contributed by atoms with Crippen LogP contribution >= 0.6 is 0 Å². The zero-order valence-electron chi connectivity index (χ0n) is 12.3. The van der Waals surface area contributed by atoms with Crippen LogP contribution in [0.4, 0.5) is 5.69 Å². The van der Waals surface area contributed by atoms with Crippen molar-refractivity contribution in [3.63, 3.8) is 0 Å². The molecule has 1 amide bonds. The molecule has 0 unspecified atom stereocenters. The van der Waals surface area contributed by atoms with Crippen molar-refractivity contribution in [2.24, 2.45) is 0 Å². The maximum atomic E-state index is 12.2. The minimum Gasteiger partial charge on any atom is -0.494 e. The quantitative estimate of drug-likeness (QED) is 0.755. The minimum atomic E-state index is -0.265. The number of para-hydroxylation sites is 1. The number of rotatable bonds is 5. The van der Waals surface area contributed by atoms with Crippen molar-refractivity contribution in [3.05, 3.63) is 60.4 Å². The van der Waals surface area contributed by atoms with Crippen molar-refractivity contribution in [3.8, 4) is 5.75 Å². The molecule has 0 fully saturated rings. The highest BCUT2D eigenvalue weighted by atomic mass is 16.5. The first-order chi connectivity index (χ1) is 10.8. The van der Waals surface area contributed by atoms with Gasteiger partial charge in [0.25, 0.3) is 5.91 Å². The summed E-state index contributed by atoms with van der Waals surface area (Å²) in [6.07, 6.45) is 0.963. The van der Waals surface area contributed by atoms with Crippen LogP contribution < -0.4 is 10.1 Å². The summed E-state index contributed by atoms with van der Waals surface area (Å²) in [4.78, 5) is 12.2. The van der Waals surface area contributed by atoms with Crippen LogP contribution in [0.2, 0.25) is 0 Å². The van der Waals surface area contributed by atoms with Gasteiger partial charge < -0.3 is 14.5 Å². The molecule has 3 aromatic rings. The number of amides is 1. The highest BCUT2D eigenvalue weighted by Gasteiger charge is 2.12. The molecule has 0 radical (unpaired) electrons. The molecule has 0 saturated carbocycles. The van der Waals surface area contributed by atoms with Crippen LogP contribution in [0, 0.1) is 0 Å². The van der Waals surface area contributed by atoms with Crippen LogP contribution in [0.5, 0.6) is 5.75 Å². The minimum absolute atomic E-state index is 0.265. The molecule has 1 heterocycles. The van der Waals surface area contributed by atoms with Crippen LogP contribution in [0.1, 0.15) is 23.9 Å². The second-order valence-corrected chi connectivity index (χ2v) is 4.98. The largest absolute Gasteiger partial charge is 0.494 e. The van der Waals surface area contributed by atoms with E-state index in [9.17, 15) is 4.79 Å². The van der Waals surface area contributed by atoms with E-state index >= 15 is 0 Å². The van der Waals surface area contributed by atoms with E-state index in [2.05, 4.69) is 12.2 Å². The van der Waals surface area contributed by atoms with E-state index in [0.717, 1.165) is 17.6 Å². The first-order valence-electron chi connectivity index (χ1n) is 7.29. The lowest BCUT2D eigenvalue weighted by Gasteiger charge is -2.06. The van der Waals surface area contributed by atoms with Crippen LogP contribution in [-0.4, -0.2) is 12.5 Å². The summed E-state index contributed by atoms with van der Waals surface area (Å²) in [6.45, 7) is 2.74. The summed E-state index contributed by atoms with van der Waals surface area (Å²) in [5.74, 6) is 0.828. The number of hydrogen-bond donors (Lipinski definition) is 1. The lowest BCUT2D eigenvalue weighted by atomic mass is 10.2. The SMILES string of the molecule is CCCOc1ccc(NC(=O)c2cc3ccccc3o2)cc1. The molecule has 2 aromatic carbocycles. The lowest BCUT2D eigenvalue weighted by Crippen LogP contribution is -2.10. The van der Waals surface area contributed by atoms with Gasteiger partial charge in [-0.25, -0.2) is 0 Å². The fourth-order valence-corrected chi connectivity index (χ4v) is 2.14. The Morgan fingerprint density at radius 3 is 2.64 bits per heavy atom. The van der Waals surface area contributed by atoms with Gasteiger partial charge in [-0.15, -0.1) is 0 Å². The number of ether oxygens (including phenoxy) is 1. The van der Waals surface area contributed by atoms with Gasteiger partial charge in [0.05, 0.1) is 6.61 Å². The van der Waals surface area contributed by atoms with Gasteiger partial charge in [0.15, 0.2) is 5.76 Å². The van der Waals surface area contributed by atoms with Gasteiger partial charge in [0.2, 0.25) is 0 Å². The van der Waals surface area contributed by atoms with Gasteiger partial charge in [0, 0.05) is 11.1 Å². The van der Waals surface area contributed by atoms with Crippen LogP contribution in [0.15, 0.2) is 59.0 Å². The summed E-state index contributed by atoms with van der Waals surface area (Å²) >= 11 is 0. The third-order valence-corrected chi connectivity index (χ3v) is 3.23. The second kappa shape index (κ2) is 6.35. The number of carbonyl (C=O) groups excluding carboxylic acids is 1. The van der Waals surface area contributed by atoms with E-state index in [4.69, 9.17) is 9.15 Å². The highest BCUT2D eigenvalue weighted by Crippen LogP contribution is 2.21. The van der Waals surface area contributed by atoms with E-state index in [0.29, 0.717) is 23.6 Å². The maximum Gasteiger partial charge on any atom is 0.291 e. The molecule has 1 N–H and O–H groups in total. The van der Waals surface area contributed by atoms with E-state index in [1.807, 2.05) is 48.5 Å². The summed E-state index contributed by atoms with van der Waals surface area (Å²) < 4.78 is 11.1. The highest BCUT2D eigenvalue weighted by molar-refractivity contribution is 6.04. The van der Waals surface area contributed by atoms with Gasteiger partial charge in [-0.1, -0.05) is 25.1 Å². The van der Waals surface area contributed by atoms with Crippen molar-refractivity contribution >= 4 is 22.6 Å². The molecular weight excluding hydrogens is 278 g/mol. The van der Waals surface area contributed by atoms with Gasteiger partial charge in [-0.2, -0.15) is 0 Å². The zero-order chi connectivity index (χ0) is 15.4. The lowest BCUT2D eigenvalue weighted by molar-refractivity contribution is 0.0998. The van der Waals surface area contributed by atoms with Crippen molar-refractivity contribution in [2.75, 3.05) is 11.9 Å². The number of fused-ring (bicyclic) bond motifs is 1. The number of hydrogen-bond acceptors (Lipinski definition) is 3. The van der Waals surface area contributed by atoms with Crippen LogP contribution in [0.3, 0.4) is 0 Å². The molecule has 3 rings (SSSR count). The van der Waals surface area contributed by atoms with Crippen molar-refractivity contribution in [1.82, 2.24) is 0 Å². The summed E-state index contributed by atoms with van der Waals surface area (Å²) in [5, 5.41) is 3.73. The monoisotopic (exact) mass is 295 g/mol. The Kier molecular flexibility index (Phi) is 4.10. The molecule has 112 valence electrons. The first-order valence-corrected chi connectivity index (χ1v) is 7.29. The Labute approximate surface area is 128 Å². The normalized spacial score (nSPS) is 10.6. The maximum absolute atomic E-state index is 12.2. The molecule has 4 heteroatoms. The number of furan rings is 1. The molecule has 0 aliphatic heterocycles. The molecule has 0 bridgehead atoms. The second-order valence-electron chi connectivity index (χ2n) is 4.98. The average molecular weight is 295 g/mol. The van der Waals surface area contributed by atoms with Gasteiger partial charge in [0.1, 0.15) is 11.3 Å². The van der Waals surface area contributed by atoms with Gasteiger partial charge in [-0.05, 0) is 42.8 Å². The Balaban J connectivity index is 1.70. The number of anilines is 1. The molecule has 1 aromatic heterocycles. The predicted octanol–water partition coefficient (Wildman–Crippen LogP) is 4.47. The van der Waals surface area contributed by atoms with Gasteiger partial charge >= 0.3 is 0 Å². The summed E-state index contributed by atoms with van der Waals surface area (Å²) in [6, 6.07) is 16.6. The number of nitrogens with one attached hydrogen (secondary N) is 1. The Hall–Kier alpha value is -2.75. The van der Waals surface area contributed by atoms with E-state index < -0.39 is 0 Å². The Bertz CT molecular complexity index is 741. The molecule has 22 heavy (non-hydrogen) atoms. The fraction of sp³-hybridized carbons (Fsp3) is 0.167. The molecule has 0 aliphatic rings. The standard InChI is InChI=1S/C18H17NO3/c1-2-11-21-15-9-7-14(8-10-15)19-18(20)17-12-13-5-3-4-6-16(13)22-17/h3-10,12H,2,11H2,1H3,(H,19,20). The molecule has 0 saturated heterocycles. The molecule has 0 aliphatic carbocycles. The van der Waals surface area contributed by atoms with E-state index in [-0.39, 0.29) is 5.91 Å². The third kappa shape index (κ3) is 3.11. The van der Waals surface area contributed by atoms with Crippen molar-refractivity contribution < 1.29 is 13.9 Å². The average Bonchev–Trinajstić information content (AvgIpc) is 2.98. The number of benzene rings is 2. The van der Waals surface area contributed by atoms with E-state index in [1.165, 1.54) is 0 Å². The molecule has 0 spiro atoms. The van der Waals surface area contributed by atoms with Crippen molar-refractivity contribution in [1.29, 1.82) is 0 Å². The smallest absolute Gasteiger partial charge is 0.291 e. The van der Waals surface area contributed by atoms with Crippen molar-refractivity contribution in [2.45, 2.75) is 13.3 Å². The topological polar surface area (TPSA) is 51.5 Å². The Morgan fingerprint density at radius 1 is 1.14 bits per heavy atom. The third-order valence-electron chi connectivity index (χ3n) is 3.23. The van der Waals surface area contributed by atoms with Crippen LogP contribution in [-0.2, 0) is 0 Å². The Morgan fingerprint density at radius 2 is 1.91 bits per heavy atom.